The van der Waals surface area contributed by atoms with E-state index >= 15 is 4.39 Å². The highest BCUT2D eigenvalue weighted by Crippen LogP contribution is 2.46. The predicted molar refractivity (Wildman–Crippen MR) is 146 cm³/mol. The van der Waals surface area contributed by atoms with Crippen molar-refractivity contribution in [3.8, 4) is 11.1 Å². The fourth-order valence-corrected chi connectivity index (χ4v) is 5.60. The maximum atomic E-state index is 15.5. The number of rotatable bonds is 4. The zero-order valence-electron chi connectivity index (χ0n) is 22.0. The summed E-state index contributed by atoms with van der Waals surface area (Å²) in [7, 11) is 3.00. The zero-order valence-corrected chi connectivity index (χ0v) is 22.0. The number of hydrogen-bond donors (Lipinski definition) is 4. The summed E-state index contributed by atoms with van der Waals surface area (Å²) < 4.78 is 73.4. The molecule has 4 aromatic heterocycles. The molecular weight excluding hydrogens is 565 g/mol. The van der Waals surface area contributed by atoms with Gasteiger partial charge in [0.15, 0.2) is 11.6 Å². The van der Waals surface area contributed by atoms with E-state index in [0.29, 0.717) is 0 Å². The van der Waals surface area contributed by atoms with Crippen molar-refractivity contribution in [1.29, 1.82) is 0 Å². The topological polar surface area (TPSA) is 142 Å². The molecule has 42 heavy (non-hydrogen) atoms. The minimum absolute atomic E-state index is 0.00899. The van der Waals surface area contributed by atoms with Gasteiger partial charge in [-0.25, -0.2) is 23.5 Å². The zero-order chi connectivity index (χ0) is 30.3. The molecule has 1 aliphatic rings. The summed E-state index contributed by atoms with van der Waals surface area (Å²) in [5, 5.41) is 12.0. The number of aromatic nitrogens is 4. The van der Waals surface area contributed by atoms with E-state index in [0.717, 1.165) is 12.3 Å². The Morgan fingerprint density at radius 1 is 1.19 bits per heavy atom. The number of hydrogen-bond acceptors (Lipinski definition) is 7. The molecule has 1 aromatic carbocycles. The van der Waals surface area contributed by atoms with Crippen LogP contribution in [0.15, 0.2) is 35.5 Å². The Morgan fingerprint density at radius 3 is 2.57 bits per heavy atom. The molecule has 0 aliphatic carbocycles. The third-order valence-electron chi connectivity index (χ3n) is 7.77. The van der Waals surface area contributed by atoms with Gasteiger partial charge in [-0.3, -0.25) is 4.79 Å². The standard InChI is InChI=1S/C27H22F5N7O3/c1-34-16-6-15(28)19(29)17-18-21(39-4-3-26(33,10-39)27(30,31)32)13(8-35-23(18)37-20(16)17)11-5-12-22(40)14(25(41)42)9-38(2)24(12)36-7-11/h5-9,34H,3-4,10,33H2,1-2H3,(H,35,37)(H,41,42). The number of carboxylic acid groups (broad SMARTS) is 1. The van der Waals surface area contributed by atoms with Crippen LogP contribution in [0.2, 0.25) is 0 Å². The van der Waals surface area contributed by atoms with Gasteiger partial charge in [-0.05, 0) is 12.5 Å². The maximum Gasteiger partial charge on any atom is 0.408 e. The first-order valence-electron chi connectivity index (χ1n) is 12.6. The highest BCUT2D eigenvalue weighted by Gasteiger charge is 2.55. The van der Waals surface area contributed by atoms with Crippen LogP contribution in [0, 0.1) is 11.6 Å². The summed E-state index contributed by atoms with van der Waals surface area (Å²) in [6.45, 7) is -0.881. The van der Waals surface area contributed by atoms with E-state index in [2.05, 4.69) is 20.3 Å². The van der Waals surface area contributed by atoms with Gasteiger partial charge in [0.1, 0.15) is 22.4 Å². The third kappa shape index (κ3) is 3.87. The van der Waals surface area contributed by atoms with Crippen molar-refractivity contribution in [3.05, 3.63) is 58.1 Å². The second kappa shape index (κ2) is 9.11. The van der Waals surface area contributed by atoms with Crippen LogP contribution in [0.1, 0.15) is 16.8 Å². The molecule has 0 saturated carbocycles. The van der Waals surface area contributed by atoms with E-state index in [1.165, 1.54) is 42.0 Å². The summed E-state index contributed by atoms with van der Waals surface area (Å²) in [5.41, 5.74) is 2.85. The molecule has 1 fully saturated rings. The molecule has 0 bridgehead atoms. The average Bonchev–Trinajstić information content (AvgIpc) is 3.53. The van der Waals surface area contributed by atoms with Gasteiger partial charge in [0.25, 0.3) is 0 Å². The SMILES string of the molecule is CNc1cc(F)c(F)c2c1[nH]c1ncc(-c3cnc4c(c3)c(=O)c(C(=O)O)cn4C)c(N3CCC(N)(C(F)(F)F)C3)c12. The van der Waals surface area contributed by atoms with Gasteiger partial charge in [-0.1, -0.05) is 0 Å². The monoisotopic (exact) mass is 587 g/mol. The third-order valence-corrected chi connectivity index (χ3v) is 7.77. The number of aromatic amines is 1. The number of alkyl halides is 3. The van der Waals surface area contributed by atoms with Gasteiger partial charge in [0, 0.05) is 63.0 Å². The number of benzene rings is 1. The average molecular weight is 588 g/mol. The summed E-state index contributed by atoms with van der Waals surface area (Å²) in [6, 6.07) is 2.30. The molecule has 5 heterocycles. The molecule has 1 aliphatic heterocycles. The van der Waals surface area contributed by atoms with Crippen LogP contribution in [-0.2, 0) is 7.05 Å². The van der Waals surface area contributed by atoms with Crippen molar-refractivity contribution < 1.29 is 31.9 Å². The first kappa shape index (κ1) is 27.4. The first-order chi connectivity index (χ1) is 19.8. The molecule has 10 nitrogen and oxygen atoms in total. The lowest BCUT2D eigenvalue weighted by Gasteiger charge is -2.29. The molecule has 5 aromatic rings. The van der Waals surface area contributed by atoms with Gasteiger partial charge in [-0.2, -0.15) is 13.2 Å². The second-order valence-electron chi connectivity index (χ2n) is 10.3. The molecule has 218 valence electrons. The number of anilines is 2. The number of nitrogens with two attached hydrogens (primary N) is 1. The van der Waals surface area contributed by atoms with Crippen molar-refractivity contribution in [2.24, 2.45) is 12.8 Å². The van der Waals surface area contributed by atoms with Crippen LogP contribution in [0.3, 0.4) is 0 Å². The number of aromatic carboxylic acids is 1. The molecule has 0 amide bonds. The summed E-state index contributed by atoms with van der Waals surface area (Å²) in [4.78, 5) is 37.6. The Bertz CT molecular complexity index is 2020. The van der Waals surface area contributed by atoms with E-state index in [-0.39, 0.29) is 62.0 Å². The smallest absolute Gasteiger partial charge is 0.408 e. The van der Waals surface area contributed by atoms with Crippen molar-refractivity contribution >= 4 is 50.3 Å². The molecular formula is C27H22F5N7O3. The quantitative estimate of drug-likeness (QED) is 0.230. The Hall–Kier alpha value is -4.79. The van der Waals surface area contributed by atoms with Crippen LogP contribution < -0.4 is 21.4 Å². The van der Waals surface area contributed by atoms with Crippen molar-refractivity contribution in [2.45, 2.75) is 18.1 Å². The normalized spacial score (nSPS) is 17.6. The van der Waals surface area contributed by atoms with Gasteiger partial charge >= 0.3 is 12.1 Å². The Labute approximate surface area is 232 Å². The number of aryl methyl sites for hydroxylation is 1. The molecule has 15 heteroatoms. The number of nitrogens with one attached hydrogen (secondary N) is 2. The van der Waals surface area contributed by atoms with Gasteiger partial charge in [-0.15, -0.1) is 0 Å². The number of H-pyrrole nitrogens is 1. The number of halogens is 5. The van der Waals surface area contributed by atoms with Crippen LogP contribution >= 0.6 is 0 Å². The van der Waals surface area contributed by atoms with Gasteiger partial charge in [0.05, 0.1) is 33.1 Å². The lowest BCUT2D eigenvalue weighted by atomic mass is 9.99. The molecule has 0 radical (unpaired) electrons. The van der Waals surface area contributed by atoms with Crippen molar-refractivity contribution in [3.63, 3.8) is 0 Å². The van der Waals surface area contributed by atoms with Crippen LogP contribution in [0.5, 0.6) is 0 Å². The summed E-state index contributed by atoms with van der Waals surface area (Å²) >= 11 is 0. The lowest BCUT2D eigenvalue weighted by Crippen LogP contribution is -2.55. The highest BCUT2D eigenvalue weighted by atomic mass is 19.4. The molecule has 5 N–H and O–H groups in total. The Kier molecular flexibility index (Phi) is 5.94. The van der Waals surface area contributed by atoms with Crippen molar-refractivity contribution in [1.82, 2.24) is 19.5 Å². The van der Waals surface area contributed by atoms with Gasteiger partial charge in [0.2, 0.25) is 5.43 Å². The lowest BCUT2D eigenvalue weighted by molar-refractivity contribution is -0.179. The number of fused-ring (bicyclic) bond motifs is 4. The number of carboxylic acids is 1. The van der Waals surface area contributed by atoms with Crippen LogP contribution in [-0.4, -0.2) is 62.4 Å². The fraction of sp³-hybridized carbons (Fsp3) is 0.259. The number of pyridine rings is 3. The Balaban J connectivity index is 1.71. The van der Waals surface area contributed by atoms with Crippen LogP contribution in [0.25, 0.3) is 44.1 Å². The van der Waals surface area contributed by atoms with E-state index < -0.39 is 53.3 Å². The highest BCUT2D eigenvalue weighted by molar-refractivity contribution is 6.18. The maximum absolute atomic E-state index is 15.5. The number of nitrogens with zero attached hydrogens (tertiary/aromatic N) is 4. The minimum atomic E-state index is -4.76. The minimum Gasteiger partial charge on any atom is -0.477 e. The van der Waals surface area contributed by atoms with Crippen molar-refractivity contribution in [2.75, 3.05) is 30.4 Å². The summed E-state index contributed by atoms with van der Waals surface area (Å²) in [5.74, 6) is -3.88. The molecule has 1 atom stereocenters. The molecule has 6 rings (SSSR count). The molecule has 1 saturated heterocycles. The Morgan fingerprint density at radius 2 is 1.93 bits per heavy atom. The largest absolute Gasteiger partial charge is 0.477 e. The van der Waals surface area contributed by atoms with E-state index in [1.807, 2.05) is 0 Å². The fourth-order valence-electron chi connectivity index (χ4n) is 5.60. The first-order valence-corrected chi connectivity index (χ1v) is 12.6. The molecule has 1 unspecified atom stereocenters. The second-order valence-corrected chi connectivity index (χ2v) is 10.3. The molecule has 0 spiro atoms. The van der Waals surface area contributed by atoms with E-state index in [1.54, 1.807) is 0 Å². The summed E-state index contributed by atoms with van der Waals surface area (Å²) in [6.07, 6.45) is -1.44. The van der Waals surface area contributed by atoms with Crippen LogP contribution in [0.4, 0.5) is 33.3 Å². The number of carbonyl (C=O) groups is 1. The predicted octanol–water partition coefficient (Wildman–Crippen LogP) is 4.12. The van der Waals surface area contributed by atoms with Gasteiger partial charge < -0.3 is 30.6 Å². The van der Waals surface area contributed by atoms with E-state index in [4.69, 9.17) is 5.73 Å². The van der Waals surface area contributed by atoms with E-state index in [9.17, 15) is 32.3 Å².